The van der Waals surface area contributed by atoms with Gasteiger partial charge >= 0.3 is 12.1 Å². The molecule has 12 aromatic carbocycles. The van der Waals surface area contributed by atoms with Gasteiger partial charge in [-0.25, -0.2) is 9.59 Å². The number of rotatable bonds is 14. The number of fused-ring (bicyclic) bond motifs is 4. The fourth-order valence-corrected chi connectivity index (χ4v) is 10.4. The van der Waals surface area contributed by atoms with Crippen LogP contribution in [0.15, 0.2) is 231 Å². The molecule has 0 aliphatic heterocycles. The van der Waals surface area contributed by atoms with Gasteiger partial charge in [0.05, 0.1) is 11.1 Å². The highest BCUT2D eigenvalue weighted by Crippen LogP contribution is 2.48. The second kappa shape index (κ2) is 24.6. The Labute approximate surface area is 484 Å². The van der Waals surface area contributed by atoms with Crippen molar-refractivity contribution in [3.05, 3.63) is 264 Å². The van der Waals surface area contributed by atoms with Crippen molar-refractivity contribution in [3.63, 3.8) is 0 Å². The molecule has 0 aliphatic carbocycles. The lowest BCUT2D eigenvalue weighted by atomic mass is 9.90. The molecule has 0 aliphatic rings. The maximum absolute atomic E-state index is 12.6. The predicted molar refractivity (Wildman–Crippen MR) is 337 cm³/mol. The Balaban J connectivity index is 0.000000175. The van der Waals surface area contributed by atoms with Gasteiger partial charge in [-0.1, -0.05) is 163 Å². The molecule has 12 rings (SSSR count). The third-order valence-electron chi connectivity index (χ3n) is 14.4. The number of nitrogens with one attached hydrogen (secondary N) is 4. The van der Waals surface area contributed by atoms with Crippen LogP contribution in [0.4, 0.5) is 32.3 Å². The van der Waals surface area contributed by atoms with E-state index >= 15 is 0 Å². The van der Waals surface area contributed by atoms with Gasteiger partial charge in [0.1, 0.15) is 36.2 Å². The molecule has 12 nitrogen and oxygen atoms in total. The summed E-state index contributed by atoms with van der Waals surface area (Å²) in [5.41, 5.74) is 9.46. The highest BCUT2D eigenvalue weighted by atomic mass is 16.5. The van der Waals surface area contributed by atoms with Gasteiger partial charge in [0.2, 0.25) is 0 Å². The number of ether oxygens (including phenoxy) is 2. The first-order valence-electron chi connectivity index (χ1n) is 27.2. The summed E-state index contributed by atoms with van der Waals surface area (Å²) >= 11 is 0. The van der Waals surface area contributed by atoms with Crippen LogP contribution in [0.5, 0.6) is 23.0 Å². The number of carbonyl (C=O) groups excluding carboxylic acids is 4. The van der Waals surface area contributed by atoms with E-state index in [4.69, 9.17) is 9.47 Å². The SMILES string of the molecule is Cc1ccc(NC(=O)Nc2cccc(COc3ccc4ccccc4c3-c3c(O)c(C=O)cc4ccccc34)c2)cc1.Cc1cccc(NC(=O)Nc2cccc(COc3ccc4ccccc4c3-c3c(O)c(C=O)cc4ccccc34)c2)c1. The molecule has 12 aromatic rings. The minimum absolute atomic E-state index is 0.0873. The average molecular weight is 1110 g/mol. The standard InChI is InChI=1S/2C36H28N2O4/c1-23-8-6-12-28(18-23)37-36(41)38-29-13-7-9-24(19-29)22-42-32-17-16-25-10-2-4-14-30(25)33(32)34-31-15-5-3-11-26(31)20-27(21-39)35(34)40;1-23-13-16-28(17-14-23)37-36(41)38-29-10-6-7-24(19-29)22-42-32-18-15-25-8-2-4-11-30(25)33(32)34-31-12-5-3-9-26(31)20-27(21-39)35(34)40/h2*2-21,40H,22H2,1H3,(H2,37,38,41). The number of hydrogen-bond donors (Lipinski definition) is 6. The van der Waals surface area contributed by atoms with E-state index in [1.807, 2.05) is 232 Å². The van der Waals surface area contributed by atoms with Crippen molar-refractivity contribution in [2.45, 2.75) is 27.1 Å². The molecule has 0 unspecified atom stereocenters. The van der Waals surface area contributed by atoms with Gasteiger partial charge in [0.15, 0.2) is 12.6 Å². The van der Waals surface area contributed by atoms with Crippen LogP contribution < -0.4 is 30.7 Å². The maximum Gasteiger partial charge on any atom is 0.323 e. The highest BCUT2D eigenvalue weighted by Gasteiger charge is 2.23. The maximum atomic E-state index is 12.6. The van der Waals surface area contributed by atoms with E-state index < -0.39 is 0 Å². The fraction of sp³-hybridized carbons (Fsp3) is 0.0556. The zero-order valence-corrected chi connectivity index (χ0v) is 45.9. The van der Waals surface area contributed by atoms with Gasteiger partial charge in [-0.05, 0) is 146 Å². The summed E-state index contributed by atoms with van der Waals surface area (Å²) in [5, 5.41) is 41.1. The third-order valence-corrected chi connectivity index (χ3v) is 14.4. The number of urea groups is 2. The molecule has 84 heavy (non-hydrogen) atoms. The van der Waals surface area contributed by atoms with Crippen LogP contribution in [0.3, 0.4) is 0 Å². The van der Waals surface area contributed by atoms with Crippen molar-refractivity contribution in [1.82, 2.24) is 0 Å². The van der Waals surface area contributed by atoms with Crippen molar-refractivity contribution in [1.29, 1.82) is 0 Å². The summed E-state index contributed by atoms with van der Waals surface area (Å²) in [6.45, 7) is 4.39. The van der Waals surface area contributed by atoms with Crippen LogP contribution in [0.2, 0.25) is 0 Å². The molecule has 0 aromatic heterocycles. The Hall–Kier alpha value is -11.2. The minimum Gasteiger partial charge on any atom is -0.507 e. The second-order valence-corrected chi connectivity index (χ2v) is 20.2. The fourth-order valence-electron chi connectivity index (χ4n) is 10.4. The second-order valence-electron chi connectivity index (χ2n) is 20.2. The molecule has 0 radical (unpaired) electrons. The highest BCUT2D eigenvalue weighted by molar-refractivity contribution is 6.13. The molecule has 0 saturated heterocycles. The van der Waals surface area contributed by atoms with Crippen LogP contribution in [0.1, 0.15) is 43.0 Å². The van der Waals surface area contributed by atoms with Crippen LogP contribution in [-0.2, 0) is 13.2 Å². The van der Waals surface area contributed by atoms with E-state index in [0.29, 0.717) is 69.1 Å². The Bertz CT molecular complexity index is 4480. The summed E-state index contributed by atoms with van der Waals surface area (Å²) in [6, 6.07) is 71.6. The molecule has 0 atom stereocenters. The summed E-state index contributed by atoms with van der Waals surface area (Å²) in [6.07, 6.45) is 1.34. The molecular weight excluding hydrogens is 1050 g/mol. The summed E-state index contributed by atoms with van der Waals surface area (Å²) in [5.74, 6) is 0.951. The molecule has 0 fully saturated rings. The minimum atomic E-state index is -0.342. The molecule has 6 N–H and O–H groups in total. The lowest BCUT2D eigenvalue weighted by Gasteiger charge is -2.18. The van der Waals surface area contributed by atoms with E-state index in [1.165, 1.54) is 0 Å². The summed E-state index contributed by atoms with van der Waals surface area (Å²) < 4.78 is 12.8. The van der Waals surface area contributed by atoms with Crippen LogP contribution in [-0.4, -0.2) is 34.8 Å². The third kappa shape index (κ3) is 12.1. The zero-order chi connectivity index (χ0) is 58.1. The van der Waals surface area contributed by atoms with Gasteiger partial charge in [0, 0.05) is 45.0 Å². The number of aromatic hydroxyl groups is 2. The van der Waals surface area contributed by atoms with Gasteiger partial charge in [-0.3, -0.25) is 9.59 Å². The first kappa shape index (κ1) is 54.7. The Kier molecular flexibility index (Phi) is 16.0. The van der Waals surface area contributed by atoms with Gasteiger partial charge in [-0.2, -0.15) is 0 Å². The molecule has 4 amide bonds. The Morgan fingerprint density at radius 1 is 0.369 bits per heavy atom. The normalized spacial score (nSPS) is 10.9. The number of amides is 4. The van der Waals surface area contributed by atoms with Crippen LogP contribution >= 0.6 is 0 Å². The first-order chi connectivity index (χ1) is 41.0. The number of aryl methyl sites for hydroxylation is 2. The predicted octanol–water partition coefficient (Wildman–Crippen LogP) is 17.4. The number of anilines is 4. The van der Waals surface area contributed by atoms with Gasteiger partial charge in [-0.15, -0.1) is 0 Å². The quantitative estimate of drug-likeness (QED) is 0.0583. The van der Waals surface area contributed by atoms with Crippen molar-refractivity contribution >= 4 is 90.5 Å². The lowest BCUT2D eigenvalue weighted by Crippen LogP contribution is -2.19. The number of aldehydes is 2. The van der Waals surface area contributed by atoms with E-state index in [9.17, 15) is 29.4 Å². The van der Waals surface area contributed by atoms with E-state index in [-0.39, 0.29) is 47.9 Å². The Morgan fingerprint density at radius 3 is 1.18 bits per heavy atom. The Morgan fingerprint density at radius 2 is 0.750 bits per heavy atom. The monoisotopic (exact) mass is 1100 g/mol. The number of benzene rings is 12. The van der Waals surface area contributed by atoms with Gasteiger partial charge in [0.25, 0.3) is 0 Å². The molecule has 0 heterocycles. The first-order valence-corrected chi connectivity index (χ1v) is 27.2. The number of phenols is 2. The molecule has 0 saturated carbocycles. The van der Waals surface area contributed by atoms with Crippen molar-refractivity contribution in [2.24, 2.45) is 0 Å². The molecule has 12 heteroatoms. The number of hydrogen-bond acceptors (Lipinski definition) is 8. The average Bonchev–Trinajstić information content (AvgIpc) is 1.29. The van der Waals surface area contributed by atoms with Crippen molar-refractivity contribution in [2.75, 3.05) is 21.3 Å². The lowest BCUT2D eigenvalue weighted by molar-refractivity contribution is 0.111. The topological polar surface area (TPSA) is 175 Å². The molecule has 0 bridgehead atoms. The van der Waals surface area contributed by atoms with Crippen molar-refractivity contribution in [3.8, 4) is 45.3 Å². The number of carbonyl (C=O) groups is 4. The van der Waals surface area contributed by atoms with Gasteiger partial charge < -0.3 is 41.0 Å². The summed E-state index contributed by atoms with van der Waals surface area (Å²) in [7, 11) is 0. The summed E-state index contributed by atoms with van der Waals surface area (Å²) in [4.78, 5) is 49.0. The van der Waals surface area contributed by atoms with Crippen molar-refractivity contribution < 1.29 is 38.9 Å². The van der Waals surface area contributed by atoms with Crippen LogP contribution in [0.25, 0.3) is 65.3 Å². The zero-order valence-electron chi connectivity index (χ0n) is 45.9. The van der Waals surface area contributed by atoms with E-state index in [0.717, 1.165) is 65.3 Å². The molecule has 0 spiro atoms. The number of phenolic OH excluding ortho intramolecular Hbond substituents is 2. The largest absolute Gasteiger partial charge is 0.507 e. The smallest absolute Gasteiger partial charge is 0.323 e. The van der Waals surface area contributed by atoms with Crippen LogP contribution in [0, 0.1) is 13.8 Å². The van der Waals surface area contributed by atoms with E-state index in [2.05, 4.69) is 21.3 Å². The molecule has 412 valence electrons. The van der Waals surface area contributed by atoms with E-state index in [1.54, 1.807) is 12.1 Å². The molecular formula is C72H56N4O8.